The Morgan fingerprint density at radius 1 is 1.28 bits per heavy atom. The Labute approximate surface area is 110 Å². The molecule has 2 rings (SSSR count). The Morgan fingerprint density at radius 2 is 1.89 bits per heavy atom. The van der Waals surface area contributed by atoms with Crippen LogP contribution in [0.2, 0.25) is 0 Å². The second-order valence-corrected chi connectivity index (χ2v) is 5.80. The predicted octanol–water partition coefficient (Wildman–Crippen LogP) is 2.89. The fourth-order valence-electron chi connectivity index (χ4n) is 3.04. The van der Waals surface area contributed by atoms with Crippen LogP contribution in [-0.4, -0.2) is 22.9 Å². The van der Waals surface area contributed by atoms with Crippen LogP contribution in [0.15, 0.2) is 0 Å². The molecule has 0 aromatic carbocycles. The monoisotopic (exact) mass is 250 g/mol. The number of aromatic nitrogens is 2. The highest BCUT2D eigenvalue weighted by molar-refractivity contribution is 5.67. The van der Waals surface area contributed by atoms with Gasteiger partial charge in [0.05, 0.1) is 11.4 Å². The second kappa shape index (κ2) is 5.21. The quantitative estimate of drug-likeness (QED) is 0.897. The number of nitrogens with two attached hydrogens (primary N) is 1. The van der Waals surface area contributed by atoms with Crippen LogP contribution in [0.25, 0.3) is 0 Å². The molecule has 0 bridgehead atoms. The third kappa shape index (κ3) is 2.33. The van der Waals surface area contributed by atoms with Crippen molar-refractivity contribution in [3.05, 3.63) is 5.69 Å². The average Bonchev–Trinajstić information content (AvgIpc) is 2.65. The van der Waals surface area contributed by atoms with Crippen molar-refractivity contribution >= 4 is 11.5 Å². The predicted molar refractivity (Wildman–Crippen MR) is 77.0 cm³/mol. The number of anilines is 2. The highest BCUT2D eigenvalue weighted by Crippen LogP contribution is 2.33. The summed E-state index contributed by atoms with van der Waals surface area (Å²) in [5.41, 5.74) is 8.17. The third-order valence-corrected chi connectivity index (χ3v) is 4.08. The van der Waals surface area contributed by atoms with Gasteiger partial charge in [-0.05, 0) is 18.8 Å². The van der Waals surface area contributed by atoms with E-state index in [9.17, 15) is 0 Å². The summed E-state index contributed by atoms with van der Waals surface area (Å²) in [5, 5.41) is 4.58. The molecular weight excluding hydrogens is 224 g/mol. The van der Waals surface area contributed by atoms with Gasteiger partial charge in [-0.2, -0.15) is 5.10 Å². The topological polar surface area (TPSA) is 47.1 Å². The Kier molecular flexibility index (Phi) is 3.83. The zero-order chi connectivity index (χ0) is 13.3. The first-order chi connectivity index (χ1) is 8.52. The maximum atomic E-state index is 6.29. The number of rotatable bonds is 3. The zero-order valence-corrected chi connectivity index (χ0v) is 12.1. The van der Waals surface area contributed by atoms with Crippen LogP contribution >= 0.6 is 0 Å². The molecular formula is C14H26N4. The summed E-state index contributed by atoms with van der Waals surface area (Å²) in [6.07, 6.45) is 6.60. The minimum absolute atomic E-state index is 0.379. The van der Waals surface area contributed by atoms with Gasteiger partial charge in [-0.25, -0.2) is 0 Å². The van der Waals surface area contributed by atoms with E-state index in [4.69, 9.17) is 5.73 Å². The Balaban J connectivity index is 2.26. The van der Waals surface area contributed by atoms with Crippen molar-refractivity contribution in [1.82, 2.24) is 9.78 Å². The SMILES string of the molecule is CC(C)c1nn(C)c(N(C)C2CCCCC2)c1N. The molecule has 0 radical (unpaired) electrons. The van der Waals surface area contributed by atoms with Crippen LogP contribution < -0.4 is 10.6 Å². The first kappa shape index (κ1) is 13.2. The molecule has 1 saturated carbocycles. The Hall–Kier alpha value is -1.19. The molecule has 0 spiro atoms. The van der Waals surface area contributed by atoms with Crippen LogP contribution in [0, 0.1) is 0 Å². The molecule has 1 aromatic heterocycles. The number of nitrogens with zero attached hydrogens (tertiary/aromatic N) is 3. The van der Waals surface area contributed by atoms with Gasteiger partial charge in [-0.15, -0.1) is 0 Å². The van der Waals surface area contributed by atoms with E-state index in [-0.39, 0.29) is 0 Å². The van der Waals surface area contributed by atoms with Gasteiger partial charge >= 0.3 is 0 Å². The van der Waals surface area contributed by atoms with Gasteiger partial charge in [0.15, 0.2) is 0 Å². The van der Waals surface area contributed by atoms with Crippen LogP contribution in [0.1, 0.15) is 57.6 Å². The molecule has 1 fully saturated rings. The summed E-state index contributed by atoms with van der Waals surface area (Å²) >= 11 is 0. The van der Waals surface area contributed by atoms with Gasteiger partial charge in [0.1, 0.15) is 5.82 Å². The Bertz CT molecular complexity index is 402. The van der Waals surface area contributed by atoms with Crippen LogP contribution in [0.5, 0.6) is 0 Å². The third-order valence-electron chi connectivity index (χ3n) is 4.08. The van der Waals surface area contributed by atoms with E-state index in [1.807, 2.05) is 11.7 Å². The first-order valence-corrected chi connectivity index (χ1v) is 7.07. The first-order valence-electron chi connectivity index (χ1n) is 7.07. The lowest BCUT2D eigenvalue weighted by molar-refractivity contribution is 0.423. The molecule has 0 aliphatic heterocycles. The van der Waals surface area contributed by atoms with E-state index < -0.39 is 0 Å². The second-order valence-electron chi connectivity index (χ2n) is 5.80. The number of hydrogen-bond donors (Lipinski definition) is 1. The van der Waals surface area contributed by atoms with Crippen molar-refractivity contribution in [3.63, 3.8) is 0 Å². The van der Waals surface area contributed by atoms with E-state index >= 15 is 0 Å². The van der Waals surface area contributed by atoms with Crippen molar-refractivity contribution in [2.75, 3.05) is 17.7 Å². The summed E-state index contributed by atoms with van der Waals surface area (Å²) in [6.45, 7) is 4.28. The van der Waals surface area contributed by atoms with E-state index in [0.717, 1.165) is 17.2 Å². The van der Waals surface area contributed by atoms with E-state index in [2.05, 4.69) is 30.9 Å². The maximum absolute atomic E-state index is 6.29. The summed E-state index contributed by atoms with van der Waals surface area (Å²) in [5.74, 6) is 1.47. The molecule has 1 heterocycles. The van der Waals surface area contributed by atoms with Crippen LogP contribution in [-0.2, 0) is 7.05 Å². The lowest BCUT2D eigenvalue weighted by Gasteiger charge is -2.32. The van der Waals surface area contributed by atoms with Gasteiger partial charge < -0.3 is 10.6 Å². The maximum Gasteiger partial charge on any atom is 0.150 e. The number of aryl methyl sites for hydroxylation is 1. The van der Waals surface area contributed by atoms with Gasteiger partial charge in [0.2, 0.25) is 0 Å². The highest BCUT2D eigenvalue weighted by Gasteiger charge is 2.24. The van der Waals surface area contributed by atoms with E-state index in [1.54, 1.807) is 0 Å². The highest BCUT2D eigenvalue weighted by atomic mass is 15.4. The van der Waals surface area contributed by atoms with Crippen LogP contribution in [0.3, 0.4) is 0 Å². The van der Waals surface area contributed by atoms with Crippen molar-refractivity contribution < 1.29 is 0 Å². The van der Waals surface area contributed by atoms with Crippen molar-refractivity contribution in [1.29, 1.82) is 0 Å². The smallest absolute Gasteiger partial charge is 0.150 e. The summed E-state index contributed by atoms with van der Waals surface area (Å²) < 4.78 is 1.94. The average molecular weight is 250 g/mol. The van der Waals surface area contributed by atoms with E-state index in [1.165, 1.54) is 32.1 Å². The van der Waals surface area contributed by atoms with Crippen LogP contribution in [0.4, 0.5) is 11.5 Å². The molecule has 0 atom stereocenters. The molecule has 4 heteroatoms. The molecule has 0 unspecified atom stereocenters. The standard InChI is InChI=1S/C14H26N4/c1-10(2)13-12(15)14(18(4)16-13)17(3)11-8-6-5-7-9-11/h10-11H,5-9,15H2,1-4H3. The molecule has 1 aromatic rings. The fraction of sp³-hybridized carbons (Fsp3) is 0.786. The lowest BCUT2D eigenvalue weighted by atomic mass is 9.94. The summed E-state index contributed by atoms with van der Waals surface area (Å²) in [4.78, 5) is 2.34. The van der Waals surface area contributed by atoms with Gasteiger partial charge in [0.25, 0.3) is 0 Å². The zero-order valence-electron chi connectivity index (χ0n) is 12.1. The summed E-state index contributed by atoms with van der Waals surface area (Å²) in [6, 6.07) is 0.622. The van der Waals surface area contributed by atoms with Gasteiger partial charge in [0, 0.05) is 20.1 Å². The van der Waals surface area contributed by atoms with Crippen molar-refractivity contribution in [2.45, 2.75) is 57.9 Å². The molecule has 1 aliphatic rings. The molecule has 1 aliphatic carbocycles. The minimum Gasteiger partial charge on any atom is -0.394 e. The number of hydrogen-bond acceptors (Lipinski definition) is 3. The molecule has 4 nitrogen and oxygen atoms in total. The molecule has 2 N–H and O–H groups in total. The molecule has 102 valence electrons. The molecule has 0 saturated heterocycles. The Morgan fingerprint density at radius 3 is 2.39 bits per heavy atom. The molecule has 0 amide bonds. The van der Waals surface area contributed by atoms with Gasteiger partial charge in [-0.1, -0.05) is 33.1 Å². The van der Waals surface area contributed by atoms with Gasteiger partial charge in [-0.3, -0.25) is 4.68 Å². The van der Waals surface area contributed by atoms with Crippen molar-refractivity contribution in [3.8, 4) is 0 Å². The largest absolute Gasteiger partial charge is 0.394 e. The number of nitrogen functional groups attached to an aromatic ring is 1. The molecule has 18 heavy (non-hydrogen) atoms. The normalized spacial score (nSPS) is 17.4. The fourth-order valence-corrected chi connectivity index (χ4v) is 3.04. The lowest BCUT2D eigenvalue weighted by Crippen LogP contribution is -2.35. The summed E-state index contributed by atoms with van der Waals surface area (Å²) in [7, 11) is 4.16. The van der Waals surface area contributed by atoms with E-state index in [0.29, 0.717) is 12.0 Å². The minimum atomic E-state index is 0.379. The van der Waals surface area contributed by atoms with Crippen molar-refractivity contribution in [2.24, 2.45) is 7.05 Å².